The summed E-state index contributed by atoms with van der Waals surface area (Å²) in [7, 11) is 0. The molecule has 0 radical (unpaired) electrons. The SMILES string of the molecule is O=C(NCCOc1cccnc1)[C@H]1CCC(=O)N(Cc2ccccc2F)C1. The fraction of sp³-hybridized carbons (Fsp3) is 0.350. The number of carbonyl (C=O) groups excluding carboxylic acids is 2. The summed E-state index contributed by atoms with van der Waals surface area (Å²) in [6.45, 7) is 1.18. The maximum atomic E-state index is 13.8. The molecule has 1 fully saturated rings. The molecule has 3 rings (SSSR count). The number of rotatable bonds is 7. The number of hydrogen-bond donors (Lipinski definition) is 1. The lowest BCUT2D eigenvalue weighted by molar-refractivity contribution is -0.139. The number of hydrogen-bond acceptors (Lipinski definition) is 4. The molecule has 6 nitrogen and oxygen atoms in total. The van der Waals surface area contributed by atoms with Gasteiger partial charge in [0.2, 0.25) is 11.8 Å². The Morgan fingerprint density at radius 3 is 2.93 bits per heavy atom. The van der Waals surface area contributed by atoms with E-state index in [1.54, 1.807) is 47.6 Å². The second-order valence-electron chi connectivity index (χ2n) is 6.43. The van der Waals surface area contributed by atoms with Gasteiger partial charge in [0.25, 0.3) is 0 Å². The van der Waals surface area contributed by atoms with Gasteiger partial charge in [-0.15, -0.1) is 0 Å². The van der Waals surface area contributed by atoms with Crippen LogP contribution in [0.5, 0.6) is 5.75 Å². The van der Waals surface area contributed by atoms with Gasteiger partial charge in [-0.05, 0) is 24.6 Å². The van der Waals surface area contributed by atoms with Crippen molar-refractivity contribution in [3.63, 3.8) is 0 Å². The molecular formula is C20H22FN3O3. The Labute approximate surface area is 157 Å². The van der Waals surface area contributed by atoms with Crippen LogP contribution in [0.15, 0.2) is 48.8 Å². The Hall–Kier alpha value is -2.96. The Morgan fingerprint density at radius 2 is 2.15 bits per heavy atom. The van der Waals surface area contributed by atoms with Crippen LogP contribution in [-0.2, 0) is 16.1 Å². The number of nitrogens with zero attached hydrogens (tertiary/aromatic N) is 2. The van der Waals surface area contributed by atoms with Crippen molar-refractivity contribution in [2.45, 2.75) is 19.4 Å². The Morgan fingerprint density at radius 1 is 1.30 bits per heavy atom. The topological polar surface area (TPSA) is 71.5 Å². The first kappa shape index (κ1) is 18.8. The van der Waals surface area contributed by atoms with Gasteiger partial charge in [0.05, 0.1) is 18.7 Å². The number of nitrogens with one attached hydrogen (secondary N) is 1. The average molecular weight is 371 g/mol. The summed E-state index contributed by atoms with van der Waals surface area (Å²) in [6, 6.07) is 9.94. The molecule has 0 bridgehead atoms. The molecule has 1 aliphatic heterocycles. The van der Waals surface area contributed by atoms with E-state index in [0.29, 0.717) is 43.9 Å². The van der Waals surface area contributed by atoms with Crippen LogP contribution in [0, 0.1) is 11.7 Å². The third-order valence-corrected chi connectivity index (χ3v) is 4.49. The number of pyridine rings is 1. The summed E-state index contributed by atoms with van der Waals surface area (Å²) in [6.07, 6.45) is 4.06. The predicted octanol–water partition coefficient (Wildman–Crippen LogP) is 2.15. The Bertz CT molecular complexity index is 785. The highest BCUT2D eigenvalue weighted by atomic mass is 19.1. The number of halogens is 1. The lowest BCUT2D eigenvalue weighted by atomic mass is 9.96. The number of amides is 2. The molecular weight excluding hydrogens is 349 g/mol. The average Bonchev–Trinajstić information content (AvgIpc) is 2.69. The molecule has 2 amide bonds. The number of piperidine rings is 1. The molecule has 27 heavy (non-hydrogen) atoms. The van der Waals surface area contributed by atoms with Crippen molar-refractivity contribution < 1.29 is 18.7 Å². The van der Waals surface area contributed by atoms with E-state index in [0.717, 1.165) is 0 Å². The largest absolute Gasteiger partial charge is 0.490 e. The minimum absolute atomic E-state index is 0.0535. The molecule has 7 heteroatoms. The van der Waals surface area contributed by atoms with E-state index >= 15 is 0 Å². The third-order valence-electron chi connectivity index (χ3n) is 4.49. The summed E-state index contributed by atoms with van der Waals surface area (Å²) in [5.74, 6) is -0.165. The summed E-state index contributed by atoms with van der Waals surface area (Å²) in [5.41, 5.74) is 0.455. The normalized spacial score (nSPS) is 16.9. The van der Waals surface area contributed by atoms with Crippen LogP contribution < -0.4 is 10.1 Å². The van der Waals surface area contributed by atoms with Crippen molar-refractivity contribution in [2.24, 2.45) is 5.92 Å². The molecule has 1 aliphatic rings. The first-order valence-corrected chi connectivity index (χ1v) is 8.95. The molecule has 1 N–H and O–H groups in total. The van der Waals surface area contributed by atoms with E-state index in [-0.39, 0.29) is 30.1 Å². The van der Waals surface area contributed by atoms with Gasteiger partial charge >= 0.3 is 0 Å². The standard InChI is InChI=1S/C20H22FN3O3/c21-18-6-2-1-4-15(18)13-24-14-16(7-8-19(24)25)20(26)23-10-11-27-17-5-3-9-22-12-17/h1-6,9,12,16H,7-8,10-11,13-14H2,(H,23,26)/t16-/m0/s1. The first-order chi connectivity index (χ1) is 13.1. The van der Waals surface area contributed by atoms with Gasteiger partial charge in [0.15, 0.2) is 0 Å². The van der Waals surface area contributed by atoms with Gasteiger partial charge in [-0.2, -0.15) is 0 Å². The van der Waals surface area contributed by atoms with E-state index in [1.165, 1.54) is 6.07 Å². The van der Waals surface area contributed by atoms with E-state index in [2.05, 4.69) is 10.3 Å². The Balaban J connectivity index is 1.47. The summed E-state index contributed by atoms with van der Waals surface area (Å²) in [5, 5.41) is 2.84. The molecule has 2 heterocycles. The van der Waals surface area contributed by atoms with Crippen LogP contribution in [0.1, 0.15) is 18.4 Å². The molecule has 1 aromatic heterocycles. The number of aromatic nitrogens is 1. The van der Waals surface area contributed by atoms with Crippen LogP contribution >= 0.6 is 0 Å². The lowest BCUT2D eigenvalue weighted by Crippen LogP contribution is -2.46. The lowest BCUT2D eigenvalue weighted by Gasteiger charge is -2.32. The number of likely N-dealkylation sites (tertiary alicyclic amines) is 1. The zero-order valence-corrected chi connectivity index (χ0v) is 14.9. The minimum Gasteiger partial charge on any atom is -0.490 e. The van der Waals surface area contributed by atoms with E-state index in [1.807, 2.05) is 0 Å². The van der Waals surface area contributed by atoms with Crippen molar-refractivity contribution in [3.05, 3.63) is 60.2 Å². The van der Waals surface area contributed by atoms with E-state index in [9.17, 15) is 14.0 Å². The van der Waals surface area contributed by atoms with Crippen molar-refractivity contribution in [3.8, 4) is 5.75 Å². The molecule has 0 unspecified atom stereocenters. The highest BCUT2D eigenvalue weighted by Crippen LogP contribution is 2.21. The quantitative estimate of drug-likeness (QED) is 0.757. The number of benzene rings is 1. The zero-order valence-electron chi connectivity index (χ0n) is 14.9. The van der Waals surface area contributed by atoms with E-state index < -0.39 is 0 Å². The maximum Gasteiger partial charge on any atom is 0.225 e. The molecule has 0 saturated carbocycles. The van der Waals surface area contributed by atoms with E-state index in [4.69, 9.17) is 4.74 Å². The van der Waals surface area contributed by atoms with Crippen LogP contribution in [0.4, 0.5) is 4.39 Å². The number of carbonyl (C=O) groups is 2. The second-order valence-corrected chi connectivity index (χ2v) is 6.43. The van der Waals surface area contributed by atoms with Crippen LogP contribution in [-0.4, -0.2) is 41.4 Å². The van der Waals surface area contributed by atoms with Gasteiger partial charge in [-0.3, -0.25) is 14.6 Å². The molecule has 2 aromatic rings. The van der Waals surface area contributed by atoms with Crippen LogP contribution in [0.25, 0.3) is 0 Å². The monoisotopic (exact) mass is 371 g/mol. The smallest absolute Gasteiger partial charge is 0.225 e. The van der Waals surface area contributed by atoms with Crippen molar-refractivity contribution in [1.29, 1.82) is 0 Å². The third kappa shape index (κ3) is 5.26. The molecule has 1 saturated heterocycles. The number of ether oxygens (including phenoxy) is 1. The van der Waals surface area contributed by atoms with Gasteiger partial charge in [-0.25, -0.2) is 4.39 Å². The highest BCUT2D eigenvalue weighted by molar-refractivity contribution is 5.83. The maximum absolute atomic E-state index is 13.8. The fourth-order valence-electron chi connectivity index (χ4n) is 3.03. The molecule has 0 aliphatic carbocycles. The molecule has 1 atom stereocenters. The molecule has 1 aromatic carbocycles. The van der Waals surface area contributed by atoms with Crippen molar-refractivity contribution in [1.82, 2.24) is 15.2 Å². The molecule has 0 spiro atoms. The minimum atomic E-state index is -0.343. The molecule has 142 valence electrons. The first-order valence-electron chi connectivity index (χ1n) is 8.95. The van der Waals surface area contributed by atoms with Crippen LogP contribution in [0.2, 0.25) is 0 Å². The second kappa shape index (κ2) is 9.12. The predicted molar refractivity (Wildman–Crippen MR) is 97.3 cm³/mol. The van der Waals surface area contributed by atoms with Gasteiger partial charge in [0.1, 0.15) is 18.2 Å². The zero-order chi connectivity index (χ0) is 19.1. The van der Waals surface area contributed by atoms with Crippen molar-refractivity contribution >= 4 is 11.8 Å². The summed E-state index contributed by atoms with van der Waals surface area (Å²) < 4.78 is 19.3. The summed E-state index contributed by atoms with van der Waals surface area (Å²) in [4.78, 5) is 30.0. The van der Waals surface area contributed by atoms with Crippen molar-refractivity contribution in [2.75, 3.05) is 19.7 Å². The van der Waals surface area contributed by atoms with Crippen LogP contribution in [0.3, 0.4) is 0 Å². The highest BCUT2D eigenvalue weighted by Gasteiger charge is 2.30. The van der Waals surface area contributed by atoms with Gasteiger partial charge < -0.3 is 15.0 Å². The van der Waals surface area contributed by atoms with Gasteiger partial charge in [-0.1, -0.05) is 18.2 Å². The fourth-order valence-corrected chi connectivity index (χ4v) is 3.03. The van der Waals surface area contributed by atoms with Gasteiger partial charge in [0, 0.05) is 31.3 Å². The Kier molecular flexibility index (Phi) is 6.35. The summed E-state index contributed by atoms with van der Waals surface area (Å²) >= 11 is 0.